The van der Waals surface area contributed by atoms with Crippen LogP contribution in [0.4, 0.5) is 5.82 Å². The van der Waals surface area contributed by atoms with Crippen LogP contribution < -0.4 is 10.2 Å². The number of nitrogens with zero attached hydrogens (tertiary/aromatic N) is 2. The summed E-state index contributed by atoms with van der Waals surface area (Å²) in [5.41, 5.74) is 0. The maximum Gasteiger partial charge on any atom is 0.143 e. The summed E-state index contributed by atoms with van der Waals surface area (Å²) in [5, 5.41) is 3.97. The molecule has 7 heteroatoms. The summed E-state index contributed by atoms with van der Waals surface area (Å²) in [5.74, 6) is 0.982. The number of aromatic nitrogens is 1. The van der Waals surface area contributed by atoms with Crippen molar-refractivity contribution >= 4 is 58.2 Å². The Bertz CT molecular complexity index is 332. The third-order valence-electron chi connectivity index (χ3n) is 2.20. The predicted molar refractivity (Wildman–Crippen MR) is 76.5 cm³/mol. The van der Waals surface area contributed by atoms with E-state index in [0.717, 1.165) is 36.5 Å². The quantitative estimate of drug-likeness (QED) is 0.845. The van der Waals surface area contributed by atoms with Crippen molar-refractivity contribution < 1.29 is 0 Å². The van der Waals surface area contributed by atoms with E-state index in [1.54, 1.807) is 6.20 Å². The van der Waals surface area contributed by atoms with E-state index < -0.39 is 0 Å². The second-order valence-corrected chi connectivity index (χ2v) is 4.49. The Labute approximate surface area is 121 Å². The molecule has 0 bridgehead atoms. The van der Waals surface area contributed by atoms with Crippen LogP contribution in [0.15, 0.2) is 16.7 Å². The molecule has 0 amide bonds. The molecule has 0 aliphatic carbocycles. The van der Waals surface area contributed by atoms with Crippen molar-refractivity contribution in [1.29, 1.82) is 0 Å². The van der Waals surface area contributed by atoms with Gasteiger partial charge in [-0.1, -0.05) is 11.6 Å². The largest absolute Gasteiger partial charge is 0.353 e. The number of hydrogen-bond acceptors (Lipinski definition) is 3. The average molecular weight is 349 g/mol. The predicted octanol–water partition coefficient (Wildman–Crippen LogP) is 2.75. The van der Waals surface area contributed by atoms with Crippen LogP contribution in [0.25, 0.3) is 0 Å². The van der Waals surface area contributed by atoms with E-state index in [9.17, 15) is 0 Å². The van der Waals surface area contributed by atoms with Crippen LogP contribution in [-0.2, 0) is 0 Å². The highest BCUT2D eigenvalue weighted by molar-refractivity contribution is 9.10. The molecule has 1 aliphatic heterocycles. The van der Waals surface area contributed by atoms with Crippen LogP contribution >= 0.6 is 52.3 Å². The summed E-state index contributed by atoms with van der Waals surface area (Å²) in [6, 6.07) is 1.88. The molecule has 0 spiro atoms. The van der Waals surface area contributed by atoms with Gasteiger partial charge >= 0.3 is 0 Å². The molecule has 2 heterocycles. The summed E-state index contributed by atoms with van der Waals surface area (Å²) in [6.45, 7) is 4.01. The molecular weight excluding hydrogens is 336 g/mol. The van der Waals surface area contributed by atoms with E-state index >= 15 is 0 Å². The average Bonchev–Trinajstić information content (AvgIpc) is 2.19. The van der Waals surface area contributed by atoms with E-state index in [1.807, 2.05) is 6.07 Å². The van der Waals surface area contributed by atoms with E-state index in [1.165, 1.54) is 0 Å². The van der Waals surface area contributed by atoms with Gasteiger partial charge in [0.15, 0.2) is 0 Å². The smallest absolute Gasteiger partial charge is 0.143 e. The first-order valence-electron chi connectivity index (χ1n) is 4.54. The molecule has 0 atom stereocenters. The summed E-state index contributed by atoms with van der Waals surface area (Å²) in [4.78, 5) is 6.57. The van der Waals surface area contributed by atoms with Crippen LogP contribution in [-0.4, -0.2) is 31.2 Å². The van der Waals surface area contributed by atoms with Crippen LogP contribution in [0, 0.1) is 0 Å². The fraction of sp³-hybridized carbons (Fsp3) is 0.444. The summed E-state index contributed by atoms with van der Waals surface area (Å²) in [6.07, 6.45) is 1.68. The minimum Gasteiger partial charge on any atom is -0.353 e. The Morgan fingerprint density at radius 1 is 1.31 bits per heavy atom. The van der Waals surface area contributed by atoms with E-state index in [4.69, 9.17) is 11.6 Å². The lowest BCUT2D eigenvalue weighted by Gasteiger charge is -2.29. The molecule has 1 fully saturated rings. The van der Waals surface area contributed by atoms with Gasteiger partial charge in [-0.25, -0.2) is 4.98 Å². The Balaban J connectivity index is 0.00000112. The monoisotopic (exact) mass is 347 g/mol. The fourth-order valence-corrected chi connectivity index (χ4v) is 2.41. The van der Waals surface area contributed by atoms with Gasteiger partial charge in [-0.3, -0.25) is 0 Å². The Hall–Kier alpha value is 0.260. The topological polar surface area (TPSA) is 28.2 Å². The van der Waals surface area contributed by atoms with Crippen LogP contribution in [0.2, 0.25) is 5.02 Å². The van der Waals surface area contributed by atoms with Crippen molar-refractivity contribution in [2.75, 3.05) is 31.1 Å². The van der Waals surface area contributed by atoms with E-state index in [-0.39, 0.29) is 24.8 Å². The van der Waals surface area contributed by atoms with Gasteiger partial charge in [0.05, 0.1) is 9.50 Å². The third-order valence-corrected chi connectivity index (χ3v) is 3.00. The second-order valence-electron chi connectivity index (χ2n) is 3.20. The zero-order chi connectivity index (χ0) is 9.97. The number of pyridine rings is 1. The number of nitrogens with one attached hydrogen (secondary N) is 1. The molecule has 0 aromatic carbocycles. The Kier molecular flexibility index (Phi) is 7.68. The molecule has 92 valence electrons. The molecular formula is C9H13BrCl3N3. The number of rotatable bonds is 1. The van der Waals surface area contributed by atoms with Crippen molar-refractivity contribution in [3.63, 3.8) is 0 Å². The van der Waals surface area contributed by atoms with Crippen LogP contribution in [0.3, 0.4) is 0 Å². The molecule has 1 saturated heterocycles. The second kappa shape index (κ2) is 7.56. The maximum absolute atomic E-state index is 5.83. The third kappa shape index (κ3) is 3.93. The summed E-state index contributed by atoms with van der Waals surface area (Å²) < 4.78 is 0.965. The standard InChI is InChI=1S/C9H11BrClN3.2ClH/c10-8-5-7(11)6-13-9(8)14-3-1-12-2-4-14;;/h5-6,12H,1-4H2;2*1H. The lowest BCUT2D eigenvalue weighted by molar-refractivity contribution is 0.584. The molecule has 0 unspecified atom stereocenters. The summed E-state index contributed by atoms with van der Waals surface area (Å²) in [7, 11) is 0. The van der Waals surface area contributed by atoms with Crippen molar-refractivity contribution in [3.05, 3.63) is 21.8 Å². The van der Waals surface area contributed by atoms with Gasteiger partial charge in [-0.2, -0.15) is 0 Å². The molecule has 1 aromatic heterocycles. The zero-order valence-electron chi connectivity index (χ0n) is 8.45. The summed E-state index contributed by atoms with van der Waals surface area (Å²) >= 11 is 9.31. The van der Waals surface area contributed by atoms with E-state index in [2.05, 4.69) is 31.1 Å². The van der Waals surface area contributed by atoms with Crippen molar-refractivity contribution in [2.45, 2.75) is 0 Å². The van der Waals surface area contributed by atoms with Gasteiger partial charge in [-0.05, 0) is 22.0 Å². The molecule has 1 N–H and O–H groups in total. The first-order chi connectivity index (χ1) is 6.77. The first kappa shape index (κ1) is 16.3. The van der Waals surface area contributed by atoms with Crippen molar-refractivity contribution in [3.8, 4) is 0 Å². The van der Waals surface area contributed by atoms with Gasteiger partial charge in [-0.15, -0.1) is 24.8 Å². The molecule has 0 radical (unpaired) electrons. The lowest BCUT2D eigenvalue weighted by Crippen LogP contribution is -2.44. The fourth-order valence-electron chi connectivity index (χ4n) is 1.52. The highest BCUT2D eigenvalue weighted by atomic mass is 79.9. The lowest BCUT2D eigenvalue weighted by atomic mass is 10.3. The first-order valence-corrected chi connectivity index (χ1v) is 5.71. The SMILES string of the molecule is Cl.Cl.Clc1cnc(N2CCNCC2)c(Br)c1. The number of hydrogen-bond donors (Lipinski definition) is 1. The molecule has 2 rings (SSSR count). The van der Waals surface area contributed by atoms with Gasteiger partial charge in [0.2, 0.25) is 0 Å². The highest BCUT2D eigenvalue weighted by Crippen LogP contribution is 2.26. The maximum atomic E-state index is 5.83. The van der Waals surface area contributed by atoms with Crippen LogP contribution in [0.1, 0.15) is 0 Å². The molecule has 16 heavy (non-hydrogen) atoms. The van der Waals surface area contributed by atoms with Crippen molar-refractivity contribution in [1.82, 2.24) is 10.3 Å². The van der Waals surface area contributed by atoms with Gasteiger partial charge < -0.3 is 10.2 Å². The minimum atomic E-state index is 0. The van der Waals surface area contributed by atoms with Gasteiger partial charge in [0.25, 0.3) is 0 Å². The molecule has 1 aromatic rings. The number of piperazine rings is 1. The van der Waals surface area contributed by atoms with E-state index in [0.29, 0.717) is 5.02 Å². The molecule has 3 nitrogen and oxygen atoms in total. The molecule has 0 saturated carbocycles. The Morgan fingerprint density at radius 2 is 1.94 bits per heavy atom. The van der Waals surface area contributed by atoms with Crippen LogP contribution in [0.5, 0.6) is 0 Å². The Morgan fingerprint density at radius 3 is 2.50 bits per heavy atom. The number of anilines is 1. The zero-order valence-corrected chi connectivity index (χ0v) is 12.4. The molecule has 1 aliphatic rings. The minimum absolute atomic E-state index is 0. The normalized spacial score (nSPS) is 15.0. The van der Waals surface area contributed by atoms with Gasteiger partial charge in [0.1, 0.15) is 5.82 Å². The number of halogens is 4. The highest BCUT2D eigenvalue weighted by Gasteiger charge is 2.14. The van der Waals surface area contributed by atoms with Crippen molar-refractivity contribution in [2.24, 2.45) is 0 Å². The van der Waals surface area contributed by atoms with Gasteiger partial charge in [0, 0.05) is 32.4 Å².